The second kappa shape index (κ2) is 11.5. The van der Waals surface area contributed by atoms with Crippen LogP contribution in [0.4, 0.5) is 0 Å². The van der Waals surface area contributed by atoms with Gasteiger partial charge in [0.05, 0.1) is 0 Å². The van der Waals surface area contributed by atoms with Crippen LogP contribution >= 0.6 is 11.6 Å². The number of amides is 2. The molecule has 3 aliphatic rings. The summed E-state index contributed by atoms with van der Waals surface area (Å²) in [6, 6.07) is 18.7. The minimum Gasteiger partial charge on any atom is -0.348 e. The highest BCUT2D eigenvalue weighted by molar-refractivity contribution is 6.33. The lowest BCUT2D eigenvalue weighted by molar-refractivity contribution is -0.130. The van der Waals surface area contributed by atoms with Crippen LogP contribution in [0.25, 0.3) is 11.1 Å². The van der Waals surface area contributed by atoms with E-state index >= 15 is 0 Å². The summed E-state index contributed by atoms with van der Waals surface area (Å²) in [6.45, 7) is 4.01. The van der Waals surface area contributed by atoms with Gasteiger partial charge in [0.15, 0.2) is 0 Å². The largest absolute Gasteiger partial charge is 0.348 e. The number of hydrogen-bond acceptors (Lipinski definition) is 4. The standard InChI is InChI=1S/C32H35ClN4O2/c33-29-5-2-1-4-28(29)25-10-12-30(34-20-25)32(39)35-26-11-9-23-18-22(7-8-24(23)19-26)21-36-16-13-27(14-17-36)37-15-3-6-31(37)38/h1-2,4-5,7-8,10,12,18,20,26-27H,3,6,9,11,13-17,19,21H2,(H,35,39). The van der Waals surface area contributed by atoms with E-state index in [2.05, 4.69) is 38.3 Å². The highest BCUT2D eigenvalue weighted by Gasteiger charge is 2.30. The average Bonchev–Trinajstić information content (AvgIpc) is 3.39. The number of rotatable bonds is 6. The van der Waals surface area contributed by atoms with Crippen LogP contribution in [-0.2, 0) is 24.2 Å². The molecule has 0 bridgehead atoms. The van der Waals surface area contributed by atoms with Crippen molar-refractivity contribution in [2.45, 2.75) is 63.6 Å². The van der Waals surface area contributed by atoms with Crippen LogP contribution in [0.15, 0.2) is 60.8 Å². The Bertz CT molecular complexity index is 1350. The molecular formula is C32H35ClN4O2. The van der Waals surface area contributed by atoms with Crippen molar-refractivity contribution < 1.29 is 9.59 Å². The fourth-order valence-electron chi connectivity index (χ4n) is 6.37. The Balaban J connectivity index is 1.01. The summed E-state index contributed by atoms with van der Waals surface area (Å²) < 4.78 is 0. The van der Waals surface area contributed by atoms with Crippen molar-refractivity contribution >= 4 is 23.4 Å². The lowest BCUT2D eigenvalue weighted by atomic mass is 9.87. The number of aryl methyl sites for hydroxylation is 1. The number of fused-ring (bicyclic) bond motifs is 1. The number of carbonyl (C=O) groups excluding carboxylic acids is 2. The molecule has 2 amide bonds. The van der Waals surface area contributed by atoms with E-state index in [0.29, 0.717) is 22.7 Å². The summed E-state index contributed by atoms with van der Waals surface area (Å²) in [6.07, 6.45) is 8.35. The van der Waals surface area contributed by atoms with Gasteiger partial charge in [0.1, 0.15) is 5.69 Å². The Morgan fingerprint density at radius 1 is 0.974 bits per heavy atom. The lowest BCUT2D eigenvalue weighted by Crippen LogP contribution is -2.45. The van der Waals surface area contributed by atoms with E-state index in [1.807, 2.05) is 30.3 Å². The van der Waals surface area contributed by atoms with Crippen molar-refractivity contribution in [2.24, 2.45) is 0 Å². The maximum absolute atomic E-state index is 12.9. The number of piperidine rings is 1. The smallest absolute Gasteiger partial charge is 0.270 e. The van der Waals surface area contributed by atoms with Crippen molar-refractivity contribution in [1.29, 1.82) is 0 Å². The quantitative estimate of drug-likeness (QED) is 0.460. The molecule has 7 heteroatoms. The molecule has 1 atom stereocenters. The molecule has 3 aromatic rings. The number of halogens is 1. The van der Waals surface area contributed by atoms with Gasteiger partial charge in [-0.05, 0) is 67.3 Å². The first-order valence-corrected chi connectivity index (χ1v) is 14.6. The molecule has 1 N–H and O–H groups in total. The topological polar surface area (TPSA) is 65.5 Å². The average molecular weight is 543 g/mol. The molecule has 1 aliphatic carbocycles. The van der Waals surface area contributed by atoms with E-state index in [0.717, 1.165) is 82.3 Å². The summed E-state index contributed by atoms with van der Waals surface area (Å²) in [5.41, 5.74) is 6.30. The van der Waals surface area contributed by atoms with Gasteiger partial charge in [0, 0.05) is 67.0 Å². The van der Waals surface area contributed by atoms with Crippen molar-refractivity contribution in [3.8, 4) is 11.1 Å². The molecule has 3 heterocycles. The molecule has 1 unspecified atom stereocenters. The van der Waals surface area contributed by atoms with Gasteiger partial charge in [-0.3, -0.25) is 19.5 Å². The summed E-state index contributed by atoms with van der Waals surface area (Å²) >= 11 is 6.30. The summed E-state index contributed by atoms with van der Waals surface area (Å²) in [7, 11) is 0. The van der Waals surface area contributed by atoms with Crippen molar-refractivity contribution in [2.75, 3.05) is 19.6 Å². The summed E-state index contributed by atoms with van der Waals surface area (Å²) in [4.78, 5) is 34.1. The third-order valence-electron chi connectivity index (χ3n) is 8.53. The van der Waals surface area contributed by atoms with E-state index in [-0.39, 0.29) is 11.9 Å². The fourth-order valence-corrected chi connectivity index (χ4v) is 6.62. The third-order valence-corrected chi connectivity index (χ3v) is 8.86. The molecule has 2 aromatic carbocycles. The number of nitrogens with zero attached hydrogens (tertiary/aromatic N) is 3. The molecular weight excluding hydrogens is 508 g/mol. The van der Waals surface area contributed by atoms with E-state index in [1.54, 1.807) is 12.3 Å². The molecule has 2 fully saturated rings. The minimum absolute atomic E-state index is 0.105. The summed E-state index contributed by atoms with van der Waals surface area (Å²) in [5.74, 6) is 0.213. The molecule has 1 aromatic heterocycles. The zero-order valence-electron chi connectivity index (χ0n) is 22.2. The molecule has 6 rings (SSSR count). The zero-order chi connectivity index (χ0) is 26.8. The minimum atomic E-state index is -0.134. The highest BCUT2D eigenvalue weighted by Crippen LogP contribution is 2.28. The highest BCUT2D eigenvalue weighted by atomic mass is 35.5. The van der Waals surface area contributed by atoms with Crippen LogP contribution in [-0.4, -0.2) is 58.3 Å². The van der Waals surface area contributed by atoms with E-state index < -0.39 is 0 Å². The van der Waals surface area contributed by atoms with Gasteiger partial charge in [-0.25, -0.2) is 0 Å². The zero-order valence-corrected chi connectivity index (χ0v) is 23.0. The van der Waals surface area contributed by atoms with Crippen LogP contribution in [0.5, 0.6) is 0 Å². The van der Waals surface area contributed by atoms with E-state index in [9.17, 15) is 9.59 Å². The van der Waals surface area contributed by atoms with Gasteiger partial charge < -0.3 is 10.2 Å². The van der Waals surface area contributed by atoms with Crippen LogP contribution in [0.2, 0.25) is 5.02 Å². The number of benzene rings is 2. The molecule has 0 saturated carbocycles. The maximum atomic E-state index is 12.9. The van der Waals surface area contributed by atoms with Crippen LogP contribution < -0.4 is 5.32 Å². The second-order valence-corrected chi connectivity index (χ2v) is 11.5. The number of nitrogens with one attached hydrogen (secondary N) is 1. The molecule has 2 aliphatic heterocycles. The summed E-state index contributed by atoms with van der Waals surface area (Å²) in [5, 5.41) is 3.86. The van der Waals surface area contributed by atoms with Crippen LogP contribution in [0.1, 0.15) is 59.3 Å². The van der Waals surface area contributed by atoms with Crippen molar-refractivity contribution in [3.05, 3.63) is 88.2 Å². The van der Waals surface area contributed by atoms with Gasteiger partial charge in [-0.15, -0.1) is 0 Å². The first kappa shape index (κ1) is 26.0. The van der Waals surface area contributed by atoms with Crippen molar-refractivity contribution in [1.82, 2.24) is 20.1 Å². The van der Waals surface area contributed by atoms with Gasteiger partial charge >= 0.3 is 0 Å². The van der Waals surface area contributed by atoms with Crippen LogP contribution in [0.3, 0.4) is 0 Å². The van der Waals surface area contributed by atoms with Gasteiger partial charge in [-0.2, -0.15) is 0 Å². The van der Waals surface area contributed by atoms with Gasteiger partial charge in [0.2, 0.25) is 5.91 Å². The fraction of sp³-hybridized carbons (Fsp3) is 0.406. The van der Waals surface area contributed by atoms with Crippen molar-refractivity contribution in [3.63, 3.8) is 0 Å². The number of carbonyl (C=O) groups is 2. The molecule has 39 heavy (non-hydrogen) atoms. The predicted molar refractivity (Wildman–Crippen MR) is 154 cm³/mol. The SMILES string of the molecule is O=C(NC1CCc2cc(CN3CCC(N4CCCC4=O)CC3)ccc2C1)c1ccc(-c2ccccc2Cl)cn1. The number of pyridine rings is 1. The van der Waals surface area contributed by atoms with Crippen LogP contribution in [0, 0.1) is 0 Å². The number of likely N-dealkylation sites (tertiary alicyclic amines) is 2. The normalized spacial score (nSPS) is 20.2. The third kappa shape index (κ3) is 5.87. The predicted octanol–water partition coefficient (Wildman–Crippen LogP) is 5.28. The maximum Gasteiger partial charge on any atom is 0.270 e. The monoisotopic (exact) mass is 542 g/mol. The van der Waals surface area contributed by atoms with E-state index in [1.165, 1.54) is 16.7 Å². The van der Waals surface area contributed by atoms with Gasteiger partial charge in [0.25, 0.3) is 5.91 Å². The number of aromatic nitrogens is 1. The molecule has 0 radical (unpaired) electrons. The Kier molecular flexibility index (Phi) is 7.67. The first-order chi connectivity index (χ1) is 19.0. The number of hydrogen-bond donors (Lipinski definition) is 1. The second-order valence-electron chi connectivity index (χ2n) is 11.1. The lowest BCUT2D eigenvalue weighted by Gasteiger charge is -2.37. The Morgan fingerprint density at radius 3 is 2.56 bits per heavy atom. The Labute approximate surface area is 235 Å². The van der Waals surface area contributed by atoms with Gasteiger partial charge in [-0.1, -0.05) is 54.1 Å². The first-order valence-electron chi connectivity index (χ1n) is 14.2. The molecule has 0 spiro atoms. The Hall–Kier alpha value is -3.22. The van der Waals surface area contributed by atoms with E-state index in [4.69, 9.17) is 11.6 Å². The molecule has 202 valence electrons. The Morgan fingerprint density at radius 2 is 1.82 bits per heavy atom. The molecule has 2 saturated heterocycles. The molecule has 6 nitrogen and oxygen atoms in total.